The highest BCUT2D eigenvalue weighted by molar-refractivity contribution is 7.90. The largest absolute Gasteiger partial charge is 0.477 e. The van der Waals surface area contributed by atoms with Crippen LogP contribution in [0, 0.1) is 0 Å². The van der Waals surface area contributed by atoms with Crippen molar-refractivity contribution in [1.29, 1.82) is 0 Å². The van der Waals surface area contributed by atoms with E-state index in [0.29, 0.717) is 6.54 Å². The first-order valence-electron chi connectivity index (χ1n) is 4.51. The third-order valence-electron chi connectivity index (χ3n) is 1.98. The van der Waals surface area contributed by atoms with Gasteiger partial charge in [0.15, 0.2) is 0 Å². The summed E-state index contributed by atoms with van der Waals surface area (Å²) in [6.07, 6.45) is 1.18. The molecule has 0 fully saturated rings. The van der Waals surface area contributed by atoms with Crippen LogP contribution in [-0.2, 0) is 9.84 Å². The number of thiophene rings is 1. The molecule has 0 aliphatic carbocycles. The first kappa shape index (κ1) is 13.0. The van der Waals surface area contributed by atoms with Crippen molar-refractivity contribution in [1.82, 2.24) is 0 Å². The van der Waals surface area contributed by atoms with Crippen LogP contribution in [0.1, 0.15) is 9.67 Å². The van der Waals surface area contributed by atoms with Gasteiger partial charge in [0, 0.05) is 19.8 Å². The van der Waals surface area contributed by atoms with E-state index in [1.165, 1.54) is 12.3 Å². The molecule has 0 saturated heterocycles. The van der Waals surface area contributed by atoms with Crippen molar-refractivity contribution in [3.05, 3.63) is 17.0 Å². The lowest BCUT2D eigenvalue weighted by atomic mass is 10.4. The number of carboxylic acid groups (broad SMARTS) is 1. The summed E-state index contributed by atoms with van der Waals surface area (Å²) in [6.45, 7) is 0.360. The zero-order valence-electron chi connectivity index (χ0n) is 9.00. The second-order valence-electron chi connectivity index (χ2n) is 3.49. The van der Waals surface area contributed by atoms with E-state index in [4.69, 9.17) is 5.11 Å². The molecule has 0 saturated carbocycles. The number of hydrogen-bond acceptors (Lipinski definition) is 5. The summed E-state index contributed by atoms with van der Waals surface area (Å²) in [6, 6.07) is 3.19. The fourth-order valence-corrected chi connectivity index (χ4v) is 2.50. The normalized spacial score (nSPS) is 11.4. The third-order valence-corrected chi connectivity index (χ3v) is 4.09. The maximum absolute atomic E-state index is 11.0. The molecule has 1 aromatic heterocycles. The van der Waals surface area contributed by atoms with E-state index in [2.05, 4.69) is 0 Å². The fraction of sp³-hybridized carbons (Fsp3) is 0.444. The standard InChI is InChI=1S/C9H13NO4S2/c1-10(5-6-16(2,13)14)8-4-3-7(15-8)9(11)12/h3-4H,5-6H2,1-2H3,(H,11,12). The Labute approximate surface area is 98.2 Å². The highest BCUT2D eigenvalue weighted by Gasteiger charge is 2.11. The Morgan fingerprint density at radius 1 is 1.50 bits per heavy atom. The molecular formula is C9H13NO4S2. The molecule has 0 radical (unpaired) electrons. The third kappa shape index (κ3) is 3.82. The van der Waals surface area contributed by atoms with Gasteiger partial charge in [-0.25, -0.2) is 13.2 Å². The van der Waals surface area contributed by atoms with Crippen molar-refractivity contribution >= 4 is 32.1 Å². The number of anilines is 1. The van der Waals surface area contributed by atoms with Crippen LogP contribution in [-0.4, -0.2) is 45.1 Å². The van der Waals surface area contributed by atoms with E-state index in [-0.39, 0.29) is 10.6 Å². The van der Waals surface area contributed by atoms with E-state index in [9.17, 15) is 13.2 Å². The van der Waals surface area contributed by atoms with Crippen LogP contribution < -0.4 is 4.90 Å². The molecule has 90 valence electrons. The Morgan fingerprint density at radius 3 is 2.56 bits per heavy atom. The van der Waals surface area contributed by atoms with E-state index >= 15 is 0 Å². The molecule has 0 amide bonds. The highest BCUT2D eigenvalue weighted by Crippen LogP contribution is 2.24. The SMILES string of the molecule is CN(CCS(C)(=O)=O)c1ccc(C(=O)O)s1. The predicted molar refractivity (Wildman–Crippen MR) is 64.3 cm³/mol. The zero-order chi connectivity index (χ0) is 12.3. The lowest BCUT2D eigenvalue weighted by molar-refractivity contribution is 0.0702. The Morgan fingerprint density at radius 2 is 2.12 bits per heavy atom. The molecule has 1 N–H and O–H groups in total. The van der Waals surface area contributed by atoms with Crippen LogP contribution in [0.25, 0.3) is 0 Å². The summed E-state index contributed by atoms with van der Waals surface area (Å²) >= 11 is 1.13. The van der Waals surface area contributed by atoms with Gasteiger partial charge in [-0.15, -0.1) is 11.3 Å². The lowest BCUT2D eigenvalue weighted by Gasteiger charge is -2.15. The number of hydrogen-bond donors (Lipinski definition) is 1. The number of nitrogens with zero attached hydrogens (tertiary/aromatic N) is 1. The topological polar surface area (TPSA) is 74.7 Å². The first-order chi connectivity index (χ1) is 7.29. The van der Waals surface area contributed by atoms with Gasteiger partial charge in [0.05, 0.1) is 10.8 Å². The highest BCUT2D eigenvalue weighted by atomic mass is 32.2. The fourth-order valence-electron chi connectivity index (χ4n) is 1.06. The van der Waals surface area contributed by atoms with Gasteiger partial charge in [-0.1, -0.05) is 0 Å². The molecule has 7 heteroatoms. The van der Waals surface area contributed by atoms with Crippen molar-refractivity contribution in [2.24, 2.45) is 0 Å². The molecule has 0 atom stereocenters. The molecule has 1 heterocycles. The van der Waals surface area contributed by atoms with E-state index in [0.717, 1.165) is 16.3 Å². The smallest absolute Gasteiger partial charge is 0.345 e. The van der Waals surface area contributed by atoms with Crippen LogP contribution in [0.4, 0.5) is 5.00 Å². The second kappa shape index (κ2) is 4.84. The van der Waals surface area contributed by atoms with Gasteiger partial charge < -0.3 is 10.0 Å². The summed E-state index contributed by atoms with van der Waals surface area (Å²) in [4.78, 5) is 12.6. The van der Waals surface area contributed by atoms with Gasteiger partial charge >= 0.3 is 5.97 Å². The number of carboxylic acids is 1. The first-order valence-corrected chi connectivity index (χ1v) is 7.39. The monoisotopic (exact) mass is 263 g/mol. The number of carbonyl (C=O) groups is 1. The minimum Gasteiger partial charge on any atom is -0.477 e. The van der Waals surface area contributed by atoms with Gasteiger partial charge in [0.1, 0.15) is 14.7 Å². The van der Waals surface area contributed by atoms with Crippen molar-refractivity contribution in [3.8, 4) is 0 Å². The average molecular weight is 263 g/mol. The molecule has 0 bridgehead atoms. The lowest BCUT2D eigenvalue weighted by Crippen LogP contribution is -2.23. The molecule has 5 nitrogen and oxygen atoms in total. The van der Waals surface area contributed by atoms with Crippen molar-refractivity contribution < 1.29 is 18.3 Å². The summed E-state index contributed by atoms with van der Waals surface area (Å²) in [5.41, 5.74) is 0. The van der Waals surface area contributed by atoms with Gasteiger partial charge in [0.25, 0.3) is 0 Å². The van der Waals surface area contributed by atoms with Crippen LogP contribution in [0.2, 0.25) is 0 Å². The molecule has 0 spiro atoms. The second-order valence-corrected chi connectivity index (χ2v) is 6.82. The zero-order valence-corrected chi connectivity index (χ0v) is 10.6. The van der Waals surface area contributed by atoms with Crippen LogP contribution in [0.5, 0.6) is 0 Å². The number of sulfone groups is 1. The minimum absolute atomic E-state index is 0.0593. The minimum atomic E-state index is -2.99. The van der Waals surface area contributed by atoms with Gasteiger partial charge in [0.2, 0.25) is 0 Å². The Balaban J connectivity index is 2.66. The maximum atomic E-state index is 11.0. The molecule has 1 rings (SSSR count). The summed E-state index contributed by atoms with van der Waals surface area (Å²) < 4.78 is 21.9. The summed E-state index contributed by atoms with van der Waals surface area (Å²) in [5, 5.41) is 9.49. The number of aromatic carboxylic acids is 1. The van der Waals surface area contributed by atoms with Gasteiger partial charge in [-0.3, -0.25) is 0 Å². The van der Waals surface area contributed by atoms with E-state index in [1.54, 1.807) is 18.0 Å². The molecule has 1 aromatic rings. The van der Waals surface area contributed by atoms with Crippen molar-refractivity contribution in [3.63, 3.8) is 0 Å². The quantitative estimate of drug-likeness (QED) is 0.855. The maximum Gasteiger partial charge on any atom is 0.345 e. The Hall–Kier alpha value is -1.08. The van der Waals surface area contributed by atoms with Gasteiger partial charge in [-0.2, -0.15) is 0 Å². The summed E-state index contributed by atoms with van der Waals surface area (Å²) in [5.74, 6) is -0.906. The Kier molecular flexibility index (Phi) is 3.93. The van der Waals surface area contributed by atoms with Crippen molar-refractivity contribution in [2.45, 2.75) is 0 Å². The van der Waals surface area contributed by atoms with Crippen LogP contribution in [0.3, 0.4) is 0 Å². The molecular weight excluding hydrogens is 250 g/mol. The Bertz CT molecular complexity index is 477. The van der Waals surface area contributed by atoms with E-state index < -0.39 is 15.8 Å². The molecule has 0 aliphatic heterocycles. The molecule has 0 aliphatic rings. The number of rotatable bonds is 5. The van der Waals surface area contributed by atoms with Crippen molar-refractivity contribution in [2.75, 3.05) is 30.5 Å². The van der Waals surface area contributed by atoms with Crippen LogP contribution in [0.15, 0.2) is 12.1 Å². The predicted octanol–water partition coefficient (Wildman–Crippen LogP) is 0.927. The average Bonchev–Trinajstić information content (AvgIpc) is 2.61. The summed E-state index contributed by atoms with van der Waals surface area (Å²) in [7, 11) is -1.25. The molecule has 16 heavy (non-hydrogen) atoms. The van der Waals surface area contributed by atoms with Gasteiger partial charge in [-0.05, 0) is 12.1 Å². The molecule has 0 unspecified atom stereocenters. The molecule has 0 aromatic carbocycles. The van der Waals surface area contributed by atoms with E-state index in [1.807, 2.05) is 0 Å². The van der Waals surface area contributed by atoms with Crippen LogP contribution >= 0.6 is 11.3 Å².